The summed E-state index contributed by atoms with van der Waals surface area (Å²) in [5.74, 6) is -0.652. The Bertz CT molecular complexity index is 1000. The maximum atomic E-state index is 14.7. The van der Waals surface area contributed by atoms with Crippen LogP contribution < -0.4 is 0 Å². The second-order valence-electron chi connectivity index (χ2n) is 8.98. The van der Waals surface area contributed by atoms with Gasteiger partial charge in [-0.05, 0) is 78.8 Å². The van der Waals surface area contributed by atoms with E-state index in [4.69, 9.17) is 23.2 Å². The van der Waals surface area contributed by atoms with Crippen LogP contribution in [0.3, 0.4) is 0 Å². The third-order valence-corrected chi connectivity index (χ3v) is 8.09. The van der Waals surface area contributed by atoms with Gasteiger partial charge in [-0.2, -0.15) is 0 Å². The molecule has 2 aromatic carbocycles. The van der Waals surface area contributed by atoms with Crippen molar-refractivity contribution >= 4 is 34.8 Å². The molecule has 2 nitrogen and oxygen atoms in total. The summed E-state index contributed by atoms with van der Waals surface area (Å²) in [5.41, 5.74) is 2.51. The number of ketones is 2. The van der Waals surface area contributed by atoms with Crippen molar-refractivity contribution in [1.82, 2.24) is 0 Å². The van der Waals surface area contributed by atoms with E-state index in [0.717, 1.165) is 36.8 Å². The van der Waals surface area contributed by atoms with Gasteiger partial charge in [0.25, 0.3) is 0 Å². The number of carbonyl (C=O) groups is 2. The lowest BCUT2D eigenvalue weighted by Gasteiger charge is -2.43. The normalized spacial score (nSPS) is 30.1. The van der Waals surface area contributed by atoms with Crippen LogP contribution in [0.15, 0.2) is 30.3 Å². The van der Waals surface area contributed by atoms with E-state index < -0.39 is 11.7 Å². The zero-order valence-corrected chi connectivity index (χ0v) is 18.3. The summed E-state index contributed by atoms with van der Waals surface area (Å²) in [6.07, 6.45) is 4.94. The molecule has 2 aromatic rings. The van der Waals surface area contributed by atoms with Crippen molar-refractivity contribution in [3.8, 4) is 11.1 Å². The number of aryl methyl sites for hydroxylation is 1. The molecule has 0 spiro atoms. The highest BCUT2D eigenvalue weighted by atomic mass is 35.5. The van der Waals surface area contributed by atoms with Gasteiger partial charge in [-0.15, -0.1) is 0 Å². The van der Waals surface area contributed by atoms with Crippen LogP contribution in [0.1, 0.15) is 49.7 Å². The number of hydrogen-bond donors (Lipinski definition) is 0. The highest BCUT2D eigenvalue weighted by Crippen LogP contribution is 2.56. The summed E-state index contributed by atoms with van der Waals surface area (Å²) in [6.45, 7) is 2.01. The van der Waals surface area contributed by atoms with Crippen LogP contribution in [-0.4, -0.2) is 11.6 Å². The Labute approximate surface area is 185 Å². The first kappa shape index (κ1) is 20.2. The fourth-order valence-electron chi connectivity index (χ4n) is 6.26. The molecule has 0 radical (unpaired) electrons. The summed E-state index contributed by atoms with van der Waals surface area (Å²) in [6, 6.07) is 8.24. The quantitative estimate of drug-likeness (QED) is 0.496. The number of hydrogen-bond acceptors (Lipinski definition) is 2. The molecule has 0 aromatic heterocycles. The molecule has 0 aliphatic heterocycles. The van der Waals surface area contributed by atoms with Crippen LogP contribution in [0.25, 0.3) is 11.1 Å². The van der Waals surface area contributed by atoms with Crippen molar-refractivity contribution in [1.29, 1.82) is 0 Å². The standard InChI is InChI=1S/C25H23Cl2FO2/c1-2-12-3-8-15(20-18(27)10-16(26)11-19(20)28)9-17(12)23-24(29)21-13-4-5-14(7-6-13)22(21)25(23)30/h3,8-11,13-14,21-23H,2,4-7H2,1H3/t13?,14?,21-,22+,23?. The lowest BCUT2D eigenvalue weighted by molar-refractivity contribution is -0.129. The molecule has 4 saturated carbocycles. The zero-order valence-electron chi connectivity index (χ0n) is 16.8. The predicted molar refractivity (Wildman–Crippen MR) is 116 cm³/mol. The Morgan fingerprint density at radius 2 is 1.53 bits per heavy atom. The lowest BCUT2D eigenvalue weighted by atomic mass is 9.59. The van der Waals surface area contributed by atoms with E-state index in [-0.39, 0.29) is 39.0 Å². The van der Waals surface area contributed by atoms with Gasteiger partial charge in [-0.1, -0.05) is 42.3 Å². The van der Waals surface area contributed by atoms with Crippen LogP contribution in [0.5, 0.6) is 0 Å². The Kier molecular flexibility index (Phi) is 5.02. The molecule has 6 rings (SSSR count). The van der Waals surface area contributed by atoms with Gasteiger partial charge < -0.3 is 0 Å². The second kappa shape index (κ2) is 7.46. The largest absolute Gasteiger partial charge is 0.298 e. The van der Waals surface area contributed by atoms with Gasteiger partial charge in [0.05, 0.1) is 5.02 Å². The topological polar surface area (TPSA) is 34.1 Å². The fourth-order valence-corrected chi connectivity index (χ4v) is 6.84. The van der Waals surface area contributed by atoms with E-state index in [1.54, 1.807) is 12.1 Å². The lowest BCUT2D eigenvalue weighted by Crippen LogP contribution is -2.41. The second-order valence-corrected chi connectivity index (χ2v) is 9.82. The summed E-state index contributed by atoms with van der Waals surface area (Å²) in [7, 11) is 0. The Hall–Kier alpha value is -1.71. The number of Topliss-reactive ketones (excluding diaryl/α,β-unsaturated/α-hetero) is 2. The van der Waals surface area contributed by atoms with E-state index in [0.29, 0.717) is 23.8 Å². The van der Waals surface area contributed by atoms with E-state index in [2.05, 4.69) is 0 Å². The zero-order chi connectivity index (χ0) is 21.2. The first-order valence-electron chi connectivity index (χ1n) is 10.8. The Balaban J connectivity index is 1.62. The maximum absolute atomic E-state index is 14.7. The molecule has 4 aliphatic carbocycles. The van der Waals surface area contributed by atoms with Crippen LogP contribution in [0, 0.1) is 29.5 Å². The number of rotatable bonds is 3. The molecule has 4 fully saturated rings. The third kappa shape index (κ3) is 2.97. The first-order valence-corrected chi connectivity index (χ1v) is 11.5. The predicted octanol–water partition coefficient (Wildman–Crippen LogP) is 6.65. The van der Waals surface area contributed by atoms with E-state index in [9.17, 15) is 14.0 Å². The van der Waals surface area contributed by atoms with Gasteiger partial charge in [0.1, 0.15) is 11.7 Å². The average Bonchev–Trinajstić information content (AvgIpc) is 3.00. The van der Waals surface area contributed by atoms with E-state index in [1.807, 2.05) is 13.0 Å². The summed E-state index contributed by atoms with van der Waals surface area (Å²) < 4.78 is 14.7. The molecular weight excluding hydrogens is 422 g/mol. The van der Waals surface area contributed by atoms with Crippen LogP contribution in [-0.2, 0) is 16.0 Å². The SMILES string of the molecule is CCc1ccc(-c2c(F)cc(Cl)cc2Cl)cc1C1C(=O)[C@@H]2C3CCC(CC3)[C@@H]2C1=O. The minimum Gasteiger partial charge on any atom is -0.298 e. The smallest absolute Gasteiger partial charge is 0.151 e. The van der Waals surface area contributed by atoms with Crippen molar-refractivity contribution in [2.45, 2.75) is 44.9 Å². The van der Waals surface area contributed by atoms with Crippen molar-refractivity contribution in [3.05, 3.63) is 57.3 Å². The number of carbonyl (C=O) groups excluding carboxylic acids is 2. The minimum absolute atomic E-state index is 0.0777. The van der Waals surface area contributed by atoms with Crippen molar-refractivity contribution in [2.24, 2.45) is 23.7 Å². The number of benzene rings is 2. The summed E-state index contributed by atoms with van der Waals surface area (Å²) in [4.78, 5) is 27.0. The van der Waals surface area contributed by atoms with Crippen LogP contribution in [0.4, 0.5) is 4.39 Å². The molecule has 3 atom stereocenters. The Morgan fingerprint density at radius 1 is 0.933 bits per heavy atom. The highest BCUT2D eigenvalue weighted by molar-refractivity contribution is 6.36. The first-order chi connectivity index (χ1) is 14.4. The van der Waals surface area contributed by atoms with Crippen molar-refractivity contribution in [2.75, 3.05) is 0 Å². The summed E-state index contributed by atoms with van der Waals surface area (Å²) >= 11 is 12.2. The summed E-state index contributed by atoms with van der Waals surface area (Å²) in [5, 5.41) is 0.443. The third-order valence-electron chi connectivity index (χ3n) is 7.58. The molecule has 0 N–H and O–H groups in total. The molecule has 5 heteroatoms. The molecule has 156 valence electrons. The van der Waals surface area contributed by atoms with Gasteiger partial charge in [0.15, 0.2) is 11.6 Å². The highest BCUT2D eigenvalue weighted by Gasteiger charge is 2.59. The monoisotopic (exact) mass is 444 g/mol. The minimum atomic E-state index is -0.731. The van der Waals surface area contributed by atoms with E-state index in [1.165, 1.54) is 12.1 Å². The van der Waals surface area contributed by atoms with Gasteiger partial charge in [-0.3, -0.25) is 9.59 Å². The van der Waals surface area contributed by atoms with Crippen LogP contribution in [0.2, 0.25) is 10.0 Å². The van der Waals surface area contributed by atoms with E-state index >= 15 is 0 Å². The molecule has 2 bridgehead atoms. The average molecular weight is 445 g/mol. The molecule has 30 heavy (non-hydrogen) atoms. The van der Waals surface area contributed by atoms with Crippen LogP contribution >= 0.6 is 23.2 Å². The van der Waals surface area contributed by atoms with Crippen molar-refractivity contribution in [3.63, 3.8) is 0 Å². The number of halogens is 3. The molecular formula is C25H23Cl2FO2. The number of fused-ring (bicyclic) bond motifs is 2. The molecule has 0 saturated heterocycles. The van der Waals surface area contributed by atoms with Gasteiger partial charge in [0.2, 0.25) is 0 Å². The molecule has 1 unspecified atom stereocenters. The molecule has 0 amide bonds. The van der Waals surface area contributed by atoms with Gasteiger partial charge in [-0.25, -0.2) is 4.39 Å². The van der Waals surface area contributed by atoms with Gasteiger partial charge in [0, 0.05) is 22.4 Å². The van der Waals surface area contributed by atoms with Gasteiger partial charge >= 0.3 is 0 Å². The molecule has 0 heterocycles. The maximum Gasteiger partial charge on any atom is 0.151 e. The van der Waals surface area contributed by atoms with Crippen molar-refractivity contribution < 1.29 is 14.0 Å². The Morgan fingerprint density at radius 3 is 2.07 bits per heavy atom. The fraction of sp³-hybridized carbons (Fsp3) is 0.440. The molecule has 4 aliphatic rings.